The van der Waals surface area contributed by atoms with E-state index in [-0.39, 0.29) is 35.3 Å². The van der Waals surface area contributed by atoms with Crippen LogP contribution in [0.2, 0.25) is 0 Å². The van der Waals surface area contributed by atoms with Crippen LogP contribution in [0, 0.1) is 11.8 Å². The van der Waals surface area contributed by atoms with Crippen molar-refractivity contribution >= 4 is 10.0 Å². The first kappa shape index (κ1) is 29.8. The Morgan fingerprint density at radius 1 is 1.05 bits per heavy atom. The molecule has 4 aliphatic rings. The van der Waals surface area contributed by atoms with Gasteiger partial charge in [-0.1, -0.05) is 80.6 Å². The van der Waals surface area contributed by atoms with E-state index in [9.17, 15) is 13.5 Å². The van der Waals surface area contributed by atoms with Crippen LogP contribution in [0.4, 0.5) is 0 Å². The number of ether oxygens (including phenoxy) is 2. The van der Waals surface area contributed by atoms with E-state index in [0.29, 0.717) is 19.0 Å². The summed E-state index contributed by atoms with van der Waals surface area (Å²) in [5.74, 6) is 2.00. The number of aliphatic hydroxyl groups is 1. The largest absolute Gasteiger partial charge is 0.493 e. The van der Waals surface area contributed by atoms with Crippen molar-refractivity contribution in [3.05, 3.63) is 95.1 Å². The summed E-state index contributed by atoms with van der Waals surface area (Å²) < 4.78 is 43.2. The minimum absolute atomic E-state index is 0.0183. The molecular formula is C36H44N2O5S. The van der Waals surface area contributed by atoms with E-state index < -0.39 is 16.1 Å². The zero-order valence-corrected chi connectivity index (χ0v) is 26.7. The number of methoxy groups -OCH3 is 1. The molecule has 2 bridgehead atoms. The fourth-order valence-electron chi connectivity index (χ4n) is 8.96. The van der Waals surface area contributed by atoms with Crippen LogP contribution < -0.4 is 9.47 Å². The lowest BCUT2D eigenvalue weighted by Gasteiger charge is -2.60. The normalized spacial score (nSPS) is 28.0. The highest BCUT2D eigenvalue weighted by atomic mass is 32.2. The number of nitrogens with zero attached hydrogens (tertiary/aromatic N) is 2. The SMILES string of the molecule is COc1ccc2c3c1O[C@H]1[C@H](N(CC(C)C)S(=O)(=O)Cc4ccccc4)CC[C@H]4[C@@H](C2)N(CC(O)c2ccccc2)CC[C@@]341. The molecule has 7 nitrogen and oxygen atoms in total. The molecule has 0 radical (unpaired) electrons. The van der Waals surface area contributed by atoms with Gasteiger partial charge in [0.25, 0.3) is 0 Å². The first-order chi connectivity index (χ1) is 21.2. The van der Waals surface area contributed by atoms with Crippen LogP contribution in [0.25, 0.3) is 0 Å². The van der Waals surface area contributed by atoms with Crippen LogP contribution in [0.15, 0.2) is 72.8 Å². The van der Waals surface area contributed by atoms with Gasteiger partial charge < -0.3 is 14.6 Å². The fourth-order valence-corrected chi connectivity index (χ4v) is 10.9. The first-order valence-electron chi connectivity index (χ1n) is 16.1. The van der Waals surface area contributed by atoms with Crippen molar-refractivity contribution in [3.63, 3.8) is 0 Å². The molecule has 2 aliphatic carbocycles. The van der Waals surface area contributed by atoms with Crippen LogP contribution in [0.5, 0.6) is 11.5 Å². The van der Waals surface area contributed by atoms with E-state index >= 15 is 0 Å². The minimum atomic E-state index is -3.63. The van der Waals surface area contributed by atoms with Crippen molar-refractivity contribution in [2.24, 2.45) is 11.8 Å². The molecule has 1 spiro atoms. The third-order valence-electron chi connectivity index (χ3n) is 10.7. The number of likely N-dealkylation sites (tertiary alicyclic amines) is 1. The van der Waals surface area contributed by atoms with Gasteiger partial charge in [0, 0.05) is 30.1 Å². The highest BCUT2D eigenvalue weighted by Crippen LogP contribution is 2.64. The summed E-state index contributed by atoms with van der Waals surface area (Å²) in [6.07, 6.45) is 2.56. The Labute approximate surface area is 261 Å². The summed E-state index contributed by atoms with van der Waals surface area (Å²) in [6, 6.07) is 23.6. The van der Waals surface area contributed by atoms with Crippen molar-refractivity contribution in [1.29, 1.82) is 0 Å². The first-order valence-corrected chi connectivity index (χ1v) is 17.7. The van der Waals surface area contributed by atoms with Crippen molar-refractivity contribution in [3.8, 4) is 11.5 Å². The molecule has 234 valence electrons. The van der Waals surface area contributed by atoms with Gasteiger partial charge in [0.15, 0.2) is 11.5 Å². The number of piperidine rings is 1. The van der Waals surface area contributed by atoms with Crippen molar-refractivity contribution < 1.29 is 23.0 Å². The molecule has 1 saturated carbocycles. The molecule has 2 fully saturated rings. The number of aliphatic hydroxyl groups excluding tert-OH is 1. The molecule has 8 heteroatoms. The van der Waals surface area contributed by atoms with Crippen LogP contribution >= 0.6 is 0 Å². The van der Waals surface area contributed by atoms with Crippen LogP contribution in [-0.2, 0) is 27.6 Å². The summed E-state index contributed by atoms with van der Waals surface area (Å²) in [6.45, 7) is 6.05. The average molecular weight is 617 g/mol. The molecule has 1 N–H and O–H groups in total. The maximum atomic E-state index is 14.3. The second-order valence-corrected chi connectivity index (χ2v) is 15.5. The molecule has 2 aliphatic heterocycles. The van der Waals surface area contributed by atoms with E-state index in [1.165, 1.54) is 11.1 Å². The molecule has 1 unspecified atom stereocenters. The smallest absolute Gasteiger partial charge is 0.218 e. The van der Waals surface area contributed by atoms with Crippen LogP contribution in [0.1, 0.15) is 61.5 Å². The molecule has 3 aromatic carbocycles. The summed E-state index contributed by atoms with van der Waals surface area (Å²) in [7, 11) is -1.95. The monoisotopic (exact) mass is 616 g/mol. The van der Waals surface area contributed by atoms with Gasteiger partial charge in [0.1, 0.15) is 6.10 Å². The Hall–Kier alpha value is -2.91. The van der Waals surface area contributed by atoms with Crippen LogP contribution in [0.3, 0.4) is 0 Å². The number of benzene rings is 3. The van der Waals surface area contributed by atoms with E-state index in [4.69, 9.17) is 9.47 Å². The lowest BCUT2D eigenvalue weighted by Crippen LogP contribution is -2.69. The summed E-state index contributed by atoms with van der Waals surface area (Å²) in [5, 5.41) is 11.2. The Bertz CT molecular complexity index is 1600. The number of sulfonamides is 1. The number of β-amino-alcohol motifs (C(OH)–C–C–N with tert-alkyl or cyclic N) is 1. The lowest BCUT2D eigenvalue weighted by atomic mass is 9.51. The van der Waals surface area contributed by atoms with Gasteiger partial charge in [0.2, 0.25) is 10.0 Å². The summed E-state index contributed by atoms with van der Waals surface area (Å²) in [4.78, 5) is 2.49. The highest BCUT2D eigenvalue weighted by Gasteiger charge is 2.67. The molecule has 1 saturated heterocycles. The summed E-state index contributed by atoms with van der Waals surface area (Å²) >= 11 is 0. The number of hydrogen-bond donors (Lipinski definition) is 1. The third kappa shape index (κ3) is 4.85. The van der Waals surface area contributed by atoms with Gasteiger partial charge >= 0.3 is 0 Å². The zero-order valence-electron chi connectivity index (χ0n) is 25.9. The van der Waals surface area contributed by atoms with Crippen molar-refractivity contribution in [2.75, 3.05) is 26.7 Å². The van der Waals surface area contributed by atoms with E-state index in [0.717, 1.165) is 54.9 Å². The number of hydrogen-bond acceptors (Lipinski definition) is 6. The standard InChI is InChI=1S/C36H44N2O5S/c1-24(2)21-38(44(40,41)23-25-10-6-4-7-11-25)29-16-15-28-30-20-27-14-17-32(42-3)34-33(27)36(28,35(29)43-34)18-19-37(30)22-31(39)26-12-8-5-9-13-26/h4-14,17,24,28-31,35,39H,15-16,18-23H2,1-3H3/t28-,29+,30+,31?,35-,36-/m0/s1. The lowest BCUT2D eigenvalue weighted by molar-refractivity contribution is -0.0850. The fraction of sp³-hybridized carbons (Fsp3) is 0.500. The molecule has 0 aromatic heterocycles. The van der Waals surface area contributed by atoms with Gasteiger partial charge in [-0.2, -0.15) is 4.31 Å². The van der Waals surface area contributed by atoms with E-state index in [1.807, 2.05) is 66.7 Å². The molecule has 0 amide bonds. The maximum Gasteiger partial charge on any atom is 0.218 e. The van der Waals surface area contributed by atoms with Gasteiger partial charge in [-0.3, -0.25) is 4.90 Å². The second-order valence-electron chi connectivity index (χ2n) is 13.6. The topological polar surface area (TPSA) is 79.3 Å². The predicted octanol–water partition coefficient (Wildman–Crippen LogP) is 5.32. The predicted molar refractivity (Wildman–Crippen MR) is 171 cm³/mol. The third-order valence-corrected chi connectivity index (χ3v) is 12.5. The maximum absolute atomic E-state index is 14.3. The molecule has 44 heavy (non-hydrogen) atoms. The van der Waals surface area contributed by atoms with Gasteiger partial charge in [-0.05, 0) is 66.8 Å². The Kier molecular flexibility index (Phi) is 7.76. The van der Waals surface area contributed by atoms with Gasteiger partial charge in [-0.15, -0.1) is 0 Å². The minimum Gasteiger partial charge on any atom is -0.493 e. The molecule has 3 aromatic rings. The zero-order chi connectivity index (χ0) is 30.6. The van der Waals surface area contributed by atoms with E-state index in [1.54, 1.807) is 11.4 Å². The summed E-state index contributed by atoms with van der Waals surface area (Å²) in [5.41, 5.74) is 3.97. The molecule has 6 atom stereocenters. The molecule has 2 heterocycles. The van der Waals surface area contributed by atoms with Gasteiger partial charge in [-0.25, -0.2) is 8.42 Å². The highest BCUT2D eigenvalue weighted by molar-refractivity contribution is 7.88. The molecule has 7 rings (SSSR count). The Morgan fingerprint density at radius 3 is 2.48 bits per heavy atom. The number of rotatable bonds is 10. The van der Waals surface area contributed by atoms with Crippen molar-refractivity contribution in [1.82, 2.24) is 9.21 Å². The molecular weight excluding hydrogens is 572 g/mol. The van der Waals surface area contributed by atoms with Crippen molar-refractivity contribution in [2.45, 2.75) is 75.0 Å². The second kappa shape index (κ2) is 11.5. The quantitative estimate of drug-likeness (QED) is 0.332. The average Bonchev–Trinajstić information content (AvgIpc) is 3.37. The van der Waals surface area contributed by atoms with Gasteiger partial charge in [0.05, 0.1) is 25.0 Å². The Morgan fingerprint density at radius 2 is 1.77 bits per heavy atom. The Balaban J connectivity index is 1.27. The van der Waals surface area contributed by atoms with E-state index in [2.05, 4.69) is 24.8 Å². The van der Waals surface area contributed by atoms with Crippen LogP contribution in [-0.4, -0.2) is 67.7 Å².